The molecule has 0 aromatic heterocycles. The van der Waals surface area contributed by atoms with Crippen LogP contribution in [-0.2, 0) is 11.2 Å². The highest BCUT2D eigenvalue weighted by molar-refractivity contribution is 9.10. The van der Waals surface area contributed by atoms with Crippen molar-refractivity contribution in [1.82, 2.24) is 10.2 Å². The molecule has 1 aromatic carbocycles. The Balaban J connectivity index is 1.76. The number of halogens is 1. The molecule has 0 aliphatic carbocycles. The molecule has 0 radical (unpaired) electrons. The van der Waals surface area contributed by atoms with Crippen molar-refractivity contribution in [3.05, 3.63) is 34.3 Å². The van der Waals surface area contributed by atoms with E-state index in [-0.39, 0.29) is 5.91 Å². The summed E-state index contributed by atoms with van der Waals surface area (Å²) in [5.41, 5.74) is 1.26. The summed E-state index contributed by atoms with van der Waals surface area (Å²) in [4.78, 5) is 14.0. The van der Waals surface area contributed by atoms with Crippen LogP contribution in [0.4, 0.5) is 0 Å². The maximum atomic E-state index is 12.2. The van der Waals surface area contributed by atoms with Crippen molar-refractivity contribution in [3.63, 3.8) is 0 Å². The molecule has 1 N–H and O–H groups in total. The largest absolute Gasteiger partial charge is 0.345 e. The first-order chi connectivity index (χ1) is 9.65. The van der Waals surface area contributed by atoms with Crippen molar-refractivity contribution in [2.45, 2.75) is 38.1 Å². The number of rotatable bonds is 5. The van der Waals surface area contributed by atoms with Gasteiger partial charge in [0.25, 0.3) is 0 Å². The summed E-state index contributed by atoms with van der Waals surface area (Å²) < 4.78 is 1.09. The van der Waals surface area contributed by atoms with Gasteiger partial charge in [-0.2, -0.15) is 0 Å². The van der Waals surface area contributed by atoms with Crippen molar-refractivity contribution in [2.75, 3.05) is 20.1 Å². The zero-order valence-electron chi connectivity index (χ0n) is 12.1. The Morgan fingerprint density at radius 3 is 3.00 bits per heavy atom. The van der Waals surface area contributed by atoms with Crippen LogP contribution < -0.4 is 5.32 Å². The first kappa shape index (κ1) is 15.5. The van der Waals surface area contributed by atoms with Crippen LogP contribution in [0.1, 0.15) is 31.2 Å². The van der Waals surface area contributed by atoms with Gasteiger partial charge in [-0.1, -0.05) is 34.5 Å². The highest BCUT2D eigenvalue weighted by Crippen LogP contribution is 2.13. The van der Waals surface area contributed by atoms with Crippen molar-refractivity contribution < 1.29 is 4.79 Å². The van der Waals surface area contributed by atoms with Gasteiger partial charge in [-0.05, 0) is 43.5 Å². The number of hydrogen-bond donors (Lipinski definition) is 1. The van der Waals surface area contributed by atoms with Gasteiger partial charge in [0.1, 0.15) is 0 Å². The van der Waals surface area contributed by atoms with Crippen molar-refractivity contribution >= 4 is 21.8 Å². The third-order valence-electron chi connectivity index (χ3n) is 3.88. The number of nitrogens with one attached hydrogen (secondary N) is 1. The zero-order valence-corrected chi connectivity index (χ0v) is 13.7. The van der Waals surface area contributed by atoms with Crippen molar-refractivity contribution in [3.8, 4) is 0 Å². The standard InChI is InChI=1S/C16H23BrN2O/c1-19(10-8-13-5-4-6-14(17)11-13)16(20)12-15-7-2-3-9-18-15/h4-6,11,15,18H,2-3,7-10,12H2,1H3. The third-order valence-corrected chi connectivity index (χ3v) is 4.38. The van der Waals surface area contributed by atoms with Crippen molar-refractivity contribution in [1.29, 1.82) is 0 Å². The summed E-state index contributed by atoms with van der Waals surface area (Å²) in [6.07, 6.45) is 5.15. The van der Waals surface area contributed by atoms with Gasteiger partial charge >= 0.3 is 0 Å². The van der Waals surface area contributed by atoms with Gasteiger partial charge in [-0.25, -0.2) is 0 Å². The Kier molecular flexibility index (Phi) is 6.05. The van der Waals surface area contributed by atoms with E-state index in [1.165, 1.54) is 18.4 Å². The molecule has 4 heteroatoms. The molecule has 0 bridgehead atoms. The van der Waals surface area contributed by atoms with Crippen LogP contribution in [0.15, 0.2) is 28.7 Å². The maximum Gasteiger partial charge on any atom is 0.223 e. The summed E-state index contributed by atoms with van der Waals surface area (Å²) in [5, 5.41) is 3.43. The zero-order chi connectivity index (χ0) is 14.4. The summed E-state index contributed by atoms with van der Waals surface area (Å²) in [5.74, 6) is 0.249. The lowest BCUT2D eigenvalue weighted by molar-refractivity contribution is -0.130. The number of nitrogens with zero attached hydrogens (tertiary/aromatic N) is 1. The molecule has 1 saturated heterocycles. The molecule has 3 nitrogen and oxygen atoms in total. The van der Waals surface area contributed by atoms with E-state index in [0.29, 0.717) is 12.5 Å². The monoisotopic (exact) mass is 338 g/mol. The van der Waals surface area contributed by atoms with Gasteiger partial charge in [0.2, 0.25) is 5.91 Å². The smallest absolute Gasteiger partial charge is 0.223 e. The van der Waals surface area contributed by atoms with Crippen LogP contribution in [0.3, 0.4) is 0 Å². The molecular formula is C16H23BrN2O. The lowest BCUT2D eigenvalue weighted by Crippen LogP contribution is -2.39. The second-order valence-corrected chi connectivity index (χ2v) is 6.46. The predicted molar refractivity (Wildman–Crippen MR) is 85.7 cm³/mol. The predicted octanol–water partition coefficient (Wildman–Crippen LogP) is 2.98. The SMILES string of the molecule is CN(CCc1cccc(Br)c1)C(=O)CC1CCCCN1. The molecule has 1 aliphatic heterocycles. The van der Waals surface area contributed by atoms with E-state index >= 15 is 0 Å². The molecule has 2 rings (SSSR count). The summed E-state index contributed by atoms with van der Waals surface area (Å²) >= 11 is 3.48. The molecule has 110 valence electrons. The van der Waals surface area contributed by atoms with Gasteiger partial charge in [0, 0.05) is 30.5 Å². The molecule has 1 heterocycles. The van der Waals surface area contributed by atoms with Gasteiger partial charge in [-0.3, -0.25) is 4.79 Å². The molecule has 1 fully saturated rings. The summed E-state index contributed by atoms with van der Waals surface area (Å²) in [7, 11) is 1.91. The maximum absolute atomic E-state index is 12.2. The minimum absolute atomic E-state index is 0.249. The van der Waals surface area contributed by atoms with Crippen LogP contribution in [-0.4, -0.2) is 37.0 Å². The third kappa shape index (κ3) is 4.91. The minimum Gasteiger partial charge on any atom is -0.345 e. The fourth-order valence-electron chi connectivity index (χ4n) is 2.58. The minimum atomic E-state index is 0.249. The molecule has 1 unspecified atom stereocenters. The first-order valence-electron chi connectivity index (χ1n) is 7.37. The van der Waals surface area contributed by atoms with Gasteiger partial charge < -0.3 is 10.2 Å². The molecule has 1 aliphatic rings. The number of piperidine rings is 1. The Morgan fingerprint density at radius 2 is 2.30 bits per heavy atom. The molecule has 0 saturated carbocycles. The molecule has 20 heavy (non-hydrogen) atoms. The Hall–Kier alpha value is -0.870. The quantitative estimate of drug-likeness (QED) is 0.895. The van der Waals surface area contributed by atoms with Crippen LogP contribution in [0.5, 0.6) is 0 Å². The number of hydrogen-bond acceptors (Lipinski definition) is 2. The van der Waals surface area contributed by atoms with E-state index in [1.54, 1.807) is 0 Å². The lowest BCUT2D eigenvalue weighted by Gasteiger charge is -2.25. The average Bonchev–Trinajstić information content (AvgIpc) is 2.46. The molecule has 1 aromatic rings. The van der Waals surface area contributed by atoms with E-state index in [4.69, 9.17) is 0 Å². The number of likely N-dealkylation sites (N-methyl/N-ethyl adjacent to an activating group) is 1. The first-order valence-corrected chi connectivity index (χ1v) is 8.16. The average molecular weight is 339 g/mol. The lowest BCUT2D eigenvalue weighted by atomic mass is 10.0. The molecule has 1 atom stereocenters. The van der Waals surface area contributed by atoms with Crippen LogP contribution in [0.2, 0.25) is 0 Å². The Labute approximate surface area is 129 Å². The summed E-state index contributed by atoms with van der Waals surface area (Å²) in [6, 6.07) is 8.65. The van der Waals surface area contributed by atoms with Gasteiger partial charge in [-0.15, -0.1) is 0 Å². The fraction of sp³-hybridized carbons (Fsp3) is 0.562. The Bertz CT molecular complexity index is 444. The molecule has 0 spiro atoms. The molecule has 1 amide bonds. The van der Waals surface area contributed by atoms with E-state index in [9.17, 15) is 4.79 Å². The molecular weight excluding hydrogens is 316 g/mol. The highest BCUT2D eigenvalue weighted by atomic mass is 79.9. The van der Waals surface area contributed by atoms with Crippen LogP contribution in [0, 0.1) is 0 Å². The number of benzene rings is 1. The second kappa shape index (κ2) is 7.79. The summed E-state index contributed by atoms with van der Waals surface area (Å²) in [6.45, 7) is 1.84. The van der Waals surface area contributed by atoms with Gasteiger partial charge in [0.15, 0.2) is 0 Å². The Morgan fingerprint density at radius 1 is 1.45 bits per heavy atom. The van der Waals surface area contributed by atoms with E-state index in [0.717, 1.165) is 30.4 Å². The van der Waals surface area contributed by atoms with E-state index in [1.807, 2.05) is 24.1 Å². The number of carbonyl (C=O) groups excluding carboxylic acids is 1. The number of amides is 1. The van der Waals surface area contributed by atoms with Crippen LogP contribution >= 0.6 is 15.9 Å². The highest BCUT2D eigenvalue weighted by Gasteiger charge is 2.18. The fourth-order valence-corrected chi connectivity index (χ4v) is 3.03. The van der Waals surface area contributed by atoms with Gasteiger partial charge in [0.05, 0.1) is 0 Å². The number of carbonyl (C=O) groups is 1. The van der Waals surface area contributed by atoms with E-state index in [2.05, 4.69) is 33.4 Å². The normalized spacial score (nSPS) is 18.8. The van der Waals surface area contributed by atoms with E-state index < -0.39 is 0 Å². The topological polar surface area (TPSA) is 32.3 Å². The second-order valence-electron chi connectivity index (χ2n) is 5.55. The van der Waals surface area contributed by atoms with Crippen LogP contribution in [0.25, 0.3) is 0 Å². The van der Waals surface area contributed by atoms with Crippen molar-refractivity contribution in [2.24, 2.45) is 0 Å².